The van der Waals surface area contributed by atoms with E-state index in [0.717, 1.165) is 12.1 Å². The molecule has 1 heterocycles. The molecule has 0 saturated heterocycles. The zero-order valence-electron chi connectivity index (χ0n) is 10.1. The maximum atomic E-state index is 11.4. The highest BCUT2D eigenvalue weighted by molar-refractivity contribution is 7.07. The Morgan fingerprint density at radius 3 is 2.81 bits per heavy atom. The van der Waals surface area contributed by atoms with Gasteiger partial charge in [0.05, 0.1) is 11.2 Å². The summed E-state index contributed by atoms with van der Waals surface area (Å²) in [5.74, 6) is 0. The highest BCUT2D eigenvalue weighted by Gasteiger charge is 2.17. The molecule has 0 aliphatic heterocycles. The van der Waals surface area contributed by atoms with Gasteiger partial charge in [0.2, 0.25) is 0 Å². The van der Waals surface area contributed by atoms with Crippen LogP contribution >= 0.6 is 11.3 Å². The molecule has 1 amide bonds. The van der Waals surface area contributed by atoms with Crippen LogP contribution in [0, 0.1) is 0 Å². The molecule has 0 aliphatic carbocycles. The molecule has 0 fully saturated rings. The number of thiazole rings is 1. The number of ether oxygens (including phenoxy) is 1. The first-order valence-electron chi connectivity index (χ1n) is 5.23. The molecule has 1 aromatic heterocycles. The molecule has 1 aromatic rings. The summed E-state index contributed by atoms with van der Waals surface area (Å²) in [4.78, 5) is 15.6. The van der Waals surface area contributed by atoms with E-state index >= 15 is 0 Å². The lowest BCUT2D eigenvalue weighted by molar-refractivity contribution is 0.0508. The van der Waals surface area contributed by atoms with Gasteiger partial charge in [0.25, 0.3) is 0 Å². The Morgan fingerprint density at radius 2 is 2.31 bits per heavy atom. The van der Waals surface area contributed by atoms with Crippen LogP contribution in [0.1, 0.15) is 33.4 Å². The van der Waals surface area contributed by atoms with E-state index in [-0.39, 0.29) is 12.1 Å². The minimum absolute atomic E-state index is 0.0250. The molecule has 1 N–H and O–H groups in total. The summed E-state index contributed by atoms with van der Waals surface area (Å²) in [7, 11) is 0. The summed E-state index contributed by atoms with van der Waals surface area (Å²) in [5, 5.41) is 4.76. The molecular weight excluding hydrogens is 224 g/mol. The Bertz CT molecular complexity index is 330. The van der Waals surface area contributed by atoms with E-state index in [0.29, 0.717) is 0 Å². The van der Waals surface area contributed by atoms with Gasteiger partial charge in [-0.2, -0.15) is 0 Å². The van der Waals surface area contributed by atoms with Crippen LogP contribution in [0.2, 0.25) is 0 Å². The highest BCUT2D eigenvalue weighted by atomic mass is 32.1. The first-order chi connectivity index (χ1) is 7.37. The molecular formula is C11H18N2O2S. The summed E-state index contributed by atoms with van der Waals surface area (Å²) in [6.45, 7) is 7.47. The van der Waals surface area contributed by atoms with Gasteiger partial charge in [-0.25, -0.2) is 9.78 Å². The third-order valence-corrected chi connectivity index (χ3v) is 2.40. The van der Waals surface area contributed by atoms with Crippen molar-refractivity contribution >= 4 is 17.4 Å². The van der Waals surface area contributed by atoms with Crippen molar-refractivity contribution in [2.45, 2.75) is 45.8 Å². The van der Waals surface area contributed by atoms with Crippen LogP contribution in [0.5, 0.6) is 0 Å². The second-order valence-electron chi connectivity index (χ2n) is 4.73. The Kier molecular flexibility index (Phi) is 4.29. The van der Waals surface area contributed by atoms with E-state index in [2.05, 4.69) is 10.3 Å². The Morgan fingerprint density at radius 1 is 1.62 bits per heavy atom. The lowest BCUT2D eigenvalue weighted by Crippen LogP contribution is -2.38. The van der Waals surface area contributed by atoms with Crippen LogP contribution < -0.4 is 5.32 Å². The minimum atomic E-state index is -0.454. The van der Waals surface area contributed by atoms with Crippen molar-refractivity contribution in [3.63, 3.8) is 0 Å². The predicted molar refractivity (Wildman–Crippen MR) is 64.6 cm³/mol. The second-order valence-corrected chi connectivity index (χ2v) is 5.45. The number of aromatic nitrogens is 1. The van der Waals surface area contributed by atoms with E-state index in [1.54, 1.807) is 16.8 Å². The van der Waals surface area contributed by atoms with Gasteiger partial charge in [-0.05, 0) is 27.7 Å². The third-order valence-electron chi connectivity index (χ3n) is 1.76. The Hall–Kier alpha value is -1.10. The molecule has 0 aromatic carbocycles. The summed E-state index contributed by atoms with van der Waals surface area (Å²) in [6, 6.07) is 0.0250. The number of hydrogen-bond acceptors (Lipinski definition) is 4. The van der Waals surface area contributed by atoms with Gasteiger partial charge in [0.1, 0.15) is 5.60 Å². The number of alkyl carbamates (subject to hydrolysis) is 1. The number of carbonyl (C=O) groups is 1. The van der Waals surface area contributed by atoms with E-state index < -0.39 is 5.60 Å². The lowest BCUT2D eigenvalue weighted by Gasteiger charge is -2.21. The topological polar surface area (TPSA) is 51.2 Å². The van der Waals surface area contributed by atoms with Gasteiger partial charge in [-0.1, -0.05) is 0 Å². The molecule has 1 unspecified atom stereocenters. The number of hydrogen-bond donors (Lipinski definition) is 1. The molecule has 0 radical (unpaired) electrons. The van der Waals surface area contributed by atoms with Gasteiger partial charge in [-0.3, -0.25) is 0 Å². The van der Waals surface area contributed by atoms with Crippen LogP contribution in [0.4, 0.5) is 4.79 Å². The summed E-state index contributed by atoms with van der Waals surface area (Å²) < 4.78 is 5.16. The number of carbonyl (C=O) groups excluding carboxylic acids is 1. The van der Waals surface area contributed by atoms with Gasteiger partial charge < -0.3 is 10.1 Å². The van der Waals surface area contributed by atoms with E-state index in [1.807, 2.05) is 33.1 Å². The fourth-order valence-electron chi connectivity index (χ4n) is 1.21. The smallest absolute Gasteiger partial charge is 0.407 e. The molecule has 0 bridgehead atoms. The summed E-state index contributed by atoms with van der Waals surface area (Å²) in [6.07, 6.45) is 0.346. The molecule has 1 atom stereocenters. The molecule has 16 heavy (non-hydrogen) atoms. The van der Waals surface area contributed by atoms with Crippen LogP contribution in [-0.2, 0) is 11.2 Å². The van der Waals surface area contributed by atoms with E-state index in [4.69, 9.17) is 4.74 Å². The van der Waals surface area contributed by atoms with Crippen LogP contribution in [0.15, 0.2) is 10.9 Å². The van der Waals surface area contributed by atoms with Crippen molar-refractivity contribution < 1.29 is 9.53 Å². The predicted octanol–water partition coefficient (Wildman–Crippen LogP) is 2.60. The Balaban J connectivity index is 2.34. The van der Waals surface area contributed by atoms with Crippen molar-refractivity contribution in [3.8, 4) is 0 Å². The highest BCUT2D eigenvalue weighted by Crippen LogP contribution is 2.08. The van der Waals surface area contributed by atoms with Crippen molar-refractivity contribution in [2.24, 2.45) is 0 Å². The van der Waals surface area contributed by atoms with Crippen molar-refractivity contribution in [1.29, 1.82) is 0 Å². The number of nitrogens with one attached hydrogen (secondary N) is 1. The number of nitrogens with zero attached hydrogens (tertiary/aromatic N) is 1. The quantitative estimate of drug-likeness (QED) is 0.886. The first kappa shape index (κ1) is 13.0. The van der Waals surface area contributed by atoms with E-state index in [1.165, 1.54) is 0 Å². The molecule has 4 nitrogen and oxygen atoms in total. The zero-order valence-corrected chi connectivity index (χ0v) is 10.9. The molecule has 5 heteroatoms. The first-order valence-corrected chi connectivity index (χ1v) is 6.17. The third kappa shape index (κ3) is 5.11. The molecule has 0 spiro atoms. The molecule has 0 saturated carbocycles. The number of amides is 1. The maximum Gasteiger partial charge on any atom is 0.407 e. The van der Waals surface area contributed by atoms with Crippen molar-refractivity contribution in [3.05, 3.63) is 16.6 Å². The zero-order chi connectivity index (χ0) is 12.2. The standard InChI is InChI=1S/C11H18N2O2S/c1-8(5-9-6-16-7-12-9)13-10(14)15-11(2,3)4/h6-8H,5H2,1-4H3,(H,13,14). The van der Waals surface area contributed by atoms with Crippen molar-refractivity contribution in [1.82, 2.24) is 10.3 Å². The fourth-order valence-corrected chi connectivity index (χ4v) is 1.78. The maximum absolute atomic E-state index is 11.4. The molecule has 90 valence electrons. The van der Waals surface area contributed by atoms with Crippen LogP contribution in [0.25, 0.3) is 0 Å². The largest absolute Gasteiger partial charge is 0.444 e. The van der Waals surface area contributed by atoms with Crippen LogP contribution in [-0.4, -0.2) is 22.7 Å². The minimum Gasteiger partial charge on any atom is -0.444 e. The average molecular weight is 242 g/mol. The normalized spacial score (nSPS) is 13.2. The summed E-state index contributed by atoms with van der Waals surface area (Å²) in [5.41, 5.74) is 2.33. The second kappa shape index (κ2) is 5.30. The SMILES string of the molecule is CC(Cc1cscn1)NC(=O)OC(C)(C)C. The van der Waals surface area contributed by atoms with E-state index in [9.17, 15) is 4.79 Å². The molecule has 0 aliphatic rings. The van der Waals surface area contributed by atoms with Gasteiger partial charge in [0, 0.05) is 17.8 Å². The fraction of sp³-hybridized carbons (Fsp3) is 0.636. The number of rotatable bonds is 3. The Labute approximate surface area is 100 Å². The van der Waals surface area contributed by atoms with Crippen molar-refractivity contribution in [2.75, 3.05) is 0 Å². The van der Waals surface area contributed by atoms with Crippen LogP contribution in [0.3, 0.4) is 0 Å². The molecule has 1 rings (SSSR count). The summed E-state index contributed by atoms with van der Waals surface area (Å²) >= 11 is 1.56. The monoisotopic (exact) mass is 242 g/mol. The van der Waals surface area contributed by atoms with Gasteiger partial charge in [0.15, 0.2) is 0 Å². The average Bonchev–Trinajstić information content (AvgIpc) is 2.51. The van der Waals surface area contributed by atoms with Gasteiger partial charge in [-0.15, -0.1) is 11.3 Å². The lowest BCUT2D eigenvalue weighted by atomic mass is 10.2. The van der Waals surface area contributed by atoms with Gasteiger partial charge >= 0.3 is 6.09 Å².